The third kappa shape index (κ3) is 6.42. The Balaban J connectivity index is 2.45. The molecule has 1 atom stereocenters. The van der Waals surface area contributed by atoms with E-state index in [9.17, 15) is 14.4 Å². The van der Waals surface area contributed by atoms with Gasteiger partial charge in [-0.3, -0.25) is 14.4 Å². The molecule has 0 aromatic heterocycles. The molecule has 30 heavy (non-hydrogen) atoms. The van der Waals surface area contributed by atoms with Crippen LogP contribution in [0.15, 0.2) is 54.6 Å². The van der Waals surface area contributed by atoms with E-state index in [0.29, 0.717) is 29.0 Å². The zero-order valence-corrected chi connectivity index (χ0v) is 18.1. The van der Waals surface area contributed by atoms with Crippen LogP contribution in [0.25, 0.3) is 0 Å². The van der Waals surface area contributed by atoms with E-state index < -0.39 is 23.8 Å². The first-order valence-electron chi connectivity index (χ1n) is 10.2. The fourth-order valence-corrected chi connectivity index (χ4v) is 3.41. The second kappa shape index (κ2) is 12.1. The SMILES string of the molecule is CCCOC(=O)C(C(=O)OCCC)[C@H](CC(=O)c1ccccc1)c1ccccc1Cl. The van der Waals surface area contributed by atoms with Gasteiger partial charge in [-0.05, 0) is 24.5 Å². The van der Waals surface area contributed by atoms with Crippen LogP contribution in [0.5, 0.6) is 0 Å². The third-order valence-electron chi connectivity index (χ3n) is 4.61. The maximum atomic E-state index is 13.0. The normalized spacial score (nSPS) is 11.7. The zero-order chi connectivity index (χ0) is 21.9. The van der Waals surface area contributed by atoms with Crippen molar-refractivity contribution >= 4 is 29.3 Å². The minimum Gasteiger partial charge on any atom is -0.465 e. The molecule has 0 heterocycles. The van der Waals surface area contributed by atoms with Crippen LogP contribution < -0.4 is 0 Å². The van der Waals surface area contributed by atoms with E-state index in [0.717, 1.165) is 0 Å². The van der Waals surface area contributed by atoms with E-state index in [-0.39, 0.29) is 25.4 Å². The fraction of sp³-hybridized carbons (Fsp3) is 0.375. The standard InChI is InChI=1S/C24H27ClO5/c1-3-14-29-23(27)22(24(28)30-15-4-2)19(18-12-8-9-13-20(18)25)16-21(26)17-10-6-5-7-11-17/h5-13,19,22H,3-4,14-16H2,1-2H3/t19-/m1/s1. The molecule has 0 N–H and O–H groups in total. The van der Waals surface area contributed by atoms with E-state index in [1.54, 1.807) is 48.5 Å². The number of esters is 2. The van der Waals surface area contributed by atoms with Gasteiger partial charge in [0.2, 0.25) is 0 Å². The number of benzene rings is 2. The van der Waals surface area contributed by atoms with Gasteiger partial charge in [-0.25, -0.2) is 0 Å². The molecular weight excluding hydrogens is 404 g/mol. The Bertz CT molecular complexity index is 830. The summed E-state index contributed by atoms with van der Waals surface area (Å²) in [4.78, 5) is 38.7. The molecule has 0 aliphatic rings. The molecule has 0 spiro atoms. The Labute approximate surface area is 182 Å². The van der Waals surface area contributed by atoms with Gasteiger partial charge >= 0.3 is 11.9 Å². The van der Waals surface area contributed by atoms with Gasteiger partial charge in [-0.1, -0.05) is 74.0 Å². The molecule has 2 rings (SSSR count). The van der Waals surface area contributed by atoms with Gasteiger partial charge in [0.25, 0.3) is 0 Å². The second-order valence-corrected chi connectivity index (χ2v) is 7.34. The maximum absolute atomic E-state index is 13.0. The lowest BCUT2D eigenvalue weighted by atomic mass is 9.81. The zero-order valence-electron chi connectivity index (χ0n) is 17.3. The quantitative estimate of drug-likeness (QED) is 0.277. The molecular formula is C24H27ClO5. The molecule has 0 fully saturated rings. The van der Waals surface area contributed by atoms with Crippen molar-refractivity contribution in [1.29, 1.82) is 0 Å². The number of hydrogen-bond acceptors (Lipinski definition) is 5. The number of halogens is 1. The molecule has 2 aromatic carbocycles. The number of carbonyl (C=O) groups excluding carboxylic acids is 3. The van der Waals surface area contributed by atoms with Gasteiger partial charge in [0.15, 0.2) is 11.7 Å². The predicted molar refractivity (Wildman–Crippen MR) is 116 cm³/mol. The first-order chi connectivity index (χ1) is 14.5. The number of Topliss-reactive ketones (excluding diaryl/α,β-unsaturated/α-hetero) is 1. The summed E-state index contributed by atoms with van der Waals surface area (Å²) < 4.78 is 10.6. The molecule has 0 unspecified atom stereocenters. The van der Waals surface area contributed by atoms with Crippen molar-refractivity contribution in [2.45, 2.75) is 39.0 Å². The van der Waals surface area contributed by atoms with Crippen LogP contribution in [0.3, 0.4) is 0 Å². The van der Waals surface area contributed by atoms with Crippen LogP contribution in [0, 0.1) is 5.92 Å². The summed E-state index contributed by atoms with van der Waals surface area (Å²) in [5, 5.41) is 0.375. The van der Waals surface area contributed by atoms with Gasteiger partial charge in [0.05, 0.1) is 13.2 Å². The van der Waals surface area contributed by atoms with Crippen LogP contribution >= 0.6 is 11.6 Å². The number of rotatable bonds is 11. The average Bonchev–Trinajstić information content (AvgIpc) is 2.76. The molecule has 0 amide bonds. The van der Waals surface area contributed by atoms with E-state index >= 15 is 0 Å². The molecule has 0 bridgehead atoms. The molecule has 0 aliphatic carbocycles. The van der Waals surface area contributed by atoms with E-state index in [1.807, 2.05) is 19.9 Å². The monoisotopic (exact) mass is 430 g/mol. The van der Waals surface area contributed by atoms with Crippen molar-refractivity contribution in [1.82, 2.24) is 0 Å². The molecule has 0 saturated heterocycles. The molecule has 160 valence electrons. The van der Waals surface area contributed by atoms with Crippen LogP contribution in [0.2, 0.25) is 5.02 Å². The van der Waals surface area contributed by atoms with Crippen molar-refractivity contribution in [3.63, 3.8) is 0 Å². The molecule has 5 nitrogen and oxygen atoms in total. The van der Waals surface area contributed by atoms with E-state index in [1.165, 1.54) is 0 Å². The summed E-state index contributed by atoms with van der Waals surface area (Å²) in [7, 11) is 0. The lowest BCUT2D eigenvalue weighted by Crippen LogP contribution is -2.35. The number of ether oxygens (including phenoxy) is 2. The minimum atomic E-state index is -1.28. The second-order valence-electron chi connectivity index (χ2n) is 6.93. The van der Waals surface area contributed by atoms with Crippen molar-refractivity contribution in [2.75, 3.05) is 13.2 Å². The lowest BCUT2D eigenvalue weighted by Gasteiger charge is -2.25. The molecule has 2 aromatic rings. The van der Waals surface area contributed by atoms with Crippen LogP contribution in [0.4, 0.5) is 0 Å². The van der Waals surface area contributed by atoms with E-state index in [2.05, 4.69) is 0 Å². The Kier molecular flexibility index (Phi) is 9.55. The van der Waals surface area contributed by atoms with Crippen molar-refractivity contribution in [3.8, 4) is 0 Å². The Hall–Kier alpha value is -2.66. The van der Waals surface area contributed by atoms with E-state index in [4.69, 9.17) is 21.1 Å². The third-order valence-corrected chi connectivity index (χ3v) is 4.96. The first-order valence-corrected chi connectivity index (χ1v) is 10.5. The van der Waals surface area contributed by atoms with Crippen molar-refractivity contribution < 1.29 is 23.9 Å². The number of carbonyl (C=O) groups is 3. The van der Waals surface area contributed by atoms with Crippen LogP contribution in [-0.4, -0.2) is 30.9 Å². The molecule has 0 saturated carbocycles. The Morgan fingerprint density at radius 1 is 0.833 bits per heavy atom. The van der Waals surface area contributed by atoms with Gasteiger partial charge in [0, 0.05) is 22.9 Å². The van der Waals surface area contributed by atoms with Gasteiger partial charge in [0.1, 0.15) is 0 Å². The highest BCUT2D eigenvalue weighted by molar-refractivity contribution is 6.31. The van der Waals surface area contributed by atoms with Gasteiger partial charge in [-0.2, -0.15) is 0 Å². The van der Waals surface area contributed by atoms with Gasteiger partial charge < -0.3 is 9.47 Å². The summed E-state index contributed by atoms with van der Waals surface area (Å²) >= 11 is 6.40. The Morgan fingerprint density at radius 2 is 1.37 bits per heavy atom. The molecule has 0 radical (unpaired) electrons. The summed E-state index contributed by atoms with van der Waals surface area (Å²) in [6.45, 7) is 4.08. The lowest BCUT2D eigenvalue weighted by molar-refractivity contribution is -0.163. The van der Waals surface area contributed by atoms with Crippen LogP contribution in [-0.2, 0) is 19.1 Å². The fourth-order valence-electron chi connectivity index (χ4n) is 3.13. The minimum absolute atomic E-state index is 0.0825. The number of hydrogen-bond donors (Lipinski definition) is 0. The highest BCUT2D eigenvalue weighted by Gasteiger charge is 2.40. The topological polar surface area (TPSA) is 69.7 Å². The number of ketones is 1. The first kappa shape index (κ1) is 23.6. The van der Waals surface area contributed by atoms with Crippen LogP contribution in [0.1, 0.15) is 54.9 Å². The maximum Gasteiger partial charge on any atom is 0.320 e. The smallest absolute Gasteiger partial charge is 0.320 e. The largest absolute Gasteiger partial charge is 0.465 e. The highest BCUT2D eigenvalue weighted by Crippen LogP contribution is 2.36. The summed E-state index contributed by atoms with van der Waals surface area (Å²) in [6.07, 6.45) is 1.14. The molecule has 6 heteroatoms. The Morgan fingerprint density at radius 3 is 1.90 bits per heavy atom. The summed E-state index contributed by atoms with van der Waals surface area (Å²) in [5.74, 6) is -3.69. The average molecular weight is 431 g/mol. The highest BCUT2D eigenvalue weighted by atomic mass is 35.5. The molecule has 0 aliphatic heterocycles. The van der Waals surface area contributed by atoms with Gasteiger partial charge in [-0.15, -0.1) is 0 Å². The van der Waals surface area contributed by atoms with Crippen molar-refractivity contribution in [2.24, 2.45) is 5.92 Å². The summed E-state index contributed by atoms with van der Waals surface area (Å²) in [5.41, 5.74) is 1.03. The van der Waals surface area contributed by atoms with Crippen molar-refractivity contribution in [3.05, 3.63) is 70.7 Å². The summed E-state index contributed by atoms with van der Waals surface area (Å²) in [6, 6.07) is 15.6. The predicted octanol–water partition coefficient (Wildman–Crippen LogP) is 5.22.